The Bertz CT molecular complexity index is 617. The van der Waals surface area contributed by atoms with E-state index in [9.17, 15) is 10.1 Å². The summed E-state index contributed by atoms with van der Waals surface area (Å²) in [4.78, 5) is 10.2. The molecule has 0 bridgehead atoms. The SMILES string of the molecule is O=[N+]([O-])c1ccc(CNCc2ccc(Br)cc2)c(Cl)c1. The summed E-state index contributed by atoms with van der Waals surface area (Å²) in [6, 6.07) is 12.5. The molecular weight excluding hydrogens is 344 g/mol. The number of non-ortho nitro benzene ring substituents is 1. The maximum absolute atomic E-state index is 10.6. The van der Waals surface area contributed by atoms with E-state index in [4.69, 9.17) is 11.6 Å². The Morgan fingerprint density at radius 2 is 1.85 bits per heavy atom. The second-order valence-electron chi connectivity index (χ2n) is 4.26. The number of hydrogen-bond donors (Lipinski definition) is 1. The van der Waals surface area contributed by atoms with Crippen molar-refractivity contribution in [2.75, 3.05) is 0 Å². The predicted octanol–water partition coefficient (Wildman–Crippen LogP) is 4.30. The van der Waals surface area contributed by atoms with Gasteiger partial charge in [-0.1, -0.05) is 39.7 Å². The van der Waals surface area contributed by atoms with Crippen LogP contribution in [0.2, 0.25) is 5.02 Å². The molecule has 0 heterocycles. The Morgan fingerprint density at radius 3 is 2.45 bits per heavy atom. The minimum absolute atomic E-state index is 0.00617. The van der Waals surface area contributed by atoms with Crippen LogP contribution in [0.15, 0.2) is 46.9 Å². The lowest BCUT2D eigenvalue weighted by Crippen LogP contribution is -2.12. The Kier molecular flexibility index (Phi) is 5.11. The molecule has 0 aromatic heterocycles. The van der Waals surface area contributed by atoms with Gasteiger partial charge in [0.25, 0.3) is 5.69 Å². The number of rotatable bonds is 5. The molecule has 0 aliphatic heterocycles. The van der Waals surface area contributed by atoms with E-state index < -0.39 is 4.92 Å². The Morgan fingerprint density at radius 1 is 1.15 bits per heavy atom. The lowest BCUT2D eigenvalue weighted by Gasteiger charge is -2.07. The third kappa shape index (κ3) is 4.03. The van der Waals surface area contributed by atoms with E-state index in [1.165, 1.54) is 12.1 Å². The van der Waals surface area contributed by atoms with Crippen LogP contribution in [-0.2, 0) is 13.1 Å². The van der Waals surface area contributed by atoms with E-state index in [1.54, 1.807) is 6.07 Å². The molecule has 1 N–H and O–H groups in total. The highest BCUT2D eigenvalue weighted by molar-refractivity contribution is 9.10. The fraction of sp³-hybridized carbons (Fsp3) is 0.143. The first-order chi connectivity index (χ1) is 9.56. The Hall–Kier alpha value is -1.43. The van der Waals surface area contributed by atoms with Gasteiger partial charge in [0.2, 0.25) is 0 Å². The molecule has 0 saturated heterocycles. The van der Waals surface area contributed by atoms with Crippen LogP contribution < -0.4 is 5.32 Å². The van der Waals surface area contributed by atoms with Gasteiger partial charge in [-0.05, 0) is 29.3 Å². The first kappa shape index (κ1) is 15.0. The number of nitro groups is 1. The van der Waals surface area contributed by atoms with Gasteiger partial charge in [0.05, 0.1) is 9.95 Å². The summed E-state index contributed by atoms with van der Waals surface area (Å²) in [7, 11) is 0. The molecule has 0 amide bonds. The summed E-state index contributed by atoms with van der Waals surface area (Å²) >= 11 is 9.41. The van der Waals surface area contributed by atoms with Crippen molar-refractivity contribution >= 4 is 33.2 Å². The van der Waals surface area contributed by atoms with E-state index in [1.807, 2.05) is 24.3 Å². The van der Waals surface area contributed by atoms with Gasteiger partial charge in [-0.15, -0.1) is 0 Å². The van der Waals surface area contributed by atoms with Crippen LogP contribution in [0.1, 0.15) is 11.1 Å². The fourth-order valence-corrected chi connectivity index (χ4v) is 2.24. The average molecular weight is 356 g/mol. The molecule has 20 heavy (non-hydrogen) atoms. The normalized spacial score (nSPS) is 10.5. The average Bonchev–Trinajstić information content (AvgIpc) is 2.42. The number of hydrogen-bond acceptors (Lipinski definition) is 3. The minimum Gasteiger partial charge on any atom is -0.309 e. The van der Waals surface area contributed by atoms with Crippen molar-refractivity contribution in [3.63, 3.8) is 0 Å². The Labute approximate surface area is 130 Å². The molecular formula is C14H12BrClN2O2. The number of halogens is 2. The molecule has 0 fully saturated rings. The zero-order valence-corrected chi connectivity index (χ0v) is 12.8. The molecule has 0 saturated carbocycles. The summed E-state index contributed by atoms with van der Waals surface area (Å²) < 4.78 is 1.04. The van der Waals surface area contributed by atoms with E-state index in [2.05, 4.69) is 21.2 Å². The molecule has 0 spiro atoms. The standard InChI is InChI=1S/C14H12BrClN2O2/c15-12-4-1-10(2-5-12)8-17-9-11-3-6-13(18(19)20)7-14(11)16/h1-7,17H,8-9H2. The first-order valence-corrected chi connectivity index (χ1v) is 7.11. The summed E-state index contributed by atoms with van der Waals surface area (Å²) in [6.45, 7) is 1.27. The summed E-state index contributed by atoms with van der Waals surface area (Å²) in [5.41, 5.74) is 2.01. The maximum Gasteiger partial charge on any atom is 0.270 e. The van der Waals surface area contributed by atoms with Crippen molar-refractivity contribution in [2.45, 2.75) is 13.1 Å². The highest BCUT2D eigenvalue weighted by atomic mass is 79.9. The van der Waals surface area contributed by atoms with Crippen molar-refractivity contribution < 1.29 is 4.92 Å². The van der Waals surface area contributed by atoms with E-state index in [-0.39, 0.29) is 5.69 Å². The lowest BCUT2D eigenvalue weighted by atomic mass is 10.2. The van der Waals surface area contributed by atoms with Gasteiger partial charge in [-0.25, -0.2) is 0 Å². The molecule has 0 aliphatic carbocycles. The van der Waals surface area contributed by atoms with Crippen molar-refractivity contribution in [3.05, 3.63) is 73.2 Å². The first-order valence-electron chi connectivity index (χ1n) is 5.94. The van der Waals surface area contributed by atoms with Gasteiger partial charge in [-0.2, -0.15) is 0 Å². The second kappa shape index (κ2) is 6.83. The Balaban J connectivity index is 1.94. The highest BCUT2D eigenvalue weighted by Crippen LogP contribution is 2.22. The molecule has 2 aromatic rings. The van der Waals surface area contributed by atoms with Gasteiger partial charge in [0.1, 0.15) is 0 Å². The van der Waals surface area contributed by atoms with Crippen LogP contribution in [0.25, 0.3) is 0 Å². The molecule has 0 atom stereocenters. The van der Waals surface area contributed by atoms with E-state index >= 15 is 0 Å². The van der Waals surface area contributed by atoms with E-state index in [0.717, 1.165) is 15.6 Å². The molecule has 0 unspecified atom stereocenters. The van der Waals surface area contributed by atoms with Gasteiger partial charge in [-0.3, -0.25) is 10.1 Å². The highest BCUT2D eigenvalue weighted by Gasteiger charge is 2.08. The largest absolute Gasteiger partial charge is 0.309 e. The van der Waals surface area contributed by atoms with Crippen molar-refractivity contribution in [3.8, 4) is 0 Å². The second-order valence-corrected chi connectivity index (χ2v) is 5.59. The van der Waals surface area contributed by atoms with Crippen LogP contribution in [0.3, 0.4) is 0 Å². The number of benzene rings is 2. The molecule has 2 aromatic carbocycles. The lowest BCUT2D eigenvalue weighted by molar-refractivity contribution is -0.384. The molecule has 104 valence electrons. The zero-order valence-electron chi connectivity index (χ0n) is 10.5. The van der Waals surface area contributed by atoms with E-state index in [0.29, 0.717) is 18.1 Å². The van der Waals surface area contributed by atoms with Crippen molar-refractivity contribution in [1.29, 1.82) is 0 Å². The molecule has 6 heteroatoms. The third-order valence-electron chi connectivity index (χ3n) is 2.81. The summed E-state index contributed by atoms with van der Waals surface area (Å²) in [5.74, 6) is 0. The quantitative estimate of drug-likeness (QED) is 0.642. The summed E-state index contributed by atoms with van der Waals surface area (Å²) in [5, 5.41) is 14.3. The predicted molar refractivity (Wildman–Crippen MR) is 82.8 cm³/mol. The number of nitrogens with one attached hydrogen (secondary N) is 1. The monoisotopic (exact) mass is 354 g/mol. The van der Waals surface area contributed by atoms with Crippen LogP contribution in [0.4, 0.5) is 5.69 Å². The fourth-order valence-electron chi connectivity index (χ4n) is 1.74. The maximum atomic E-state index is 10.6. The van der Waals surface area contributed by atoms with Crippen LogP contribution in [-0.4, -0.2) is 4.92 Å². The number of nitro benzene ring substituents is 1. The van der Waals surface area contributed by atoms with Gasteiger partial charge < -0.3 is 5.32 Å². The summed E-state index contributed by atoms with van der Waals surface area (Å²) in [6.07, 6.45) is 0. The van der Waals surface area contributed by atoms with Gasteiger partial charge in [0, 0.05) is 29.7 Å². The van der Waals surface area contributed by atoms with Crippen LogP contribution >= 0.6 is 27.5 Å². The number of nitrogens with zero attached hydrogens (tertiary/aromatic N) is 1. The zero-order chi connectivity index (χ0) is 14.5. The molecule has 0 aliphatic rings. The minimum atomic E-state index is -0.453. The molecule has 4 nitrogen and oxygen atoms in total. The third-order valence-corrected chi connectivity index (χ3v) is 3.69. The van der Waals surface area contributed by atoms with Crippen LogP contribution in [0.5, 0.6) is 0 Å². The smallest absolute Gasteiger partial charge is 0.270 e. The van der Waals surface area contributed by atoms with Crippen molar-refractivity contribution in [2.24, 2.45) is 0 Å². The van der Waals surface area contributed by atoms with Crippen LogP contribution in [0, 0.1) is 10.1 Å². The topological polar surface area (TPSA) is 55.2 Å². The van der Waals surface area contributed by atoms with Crippen molar-refractivity contribution in [1.82, 2.24) is 5.32 Å². The molecule has 2 rings (SSSR count). The van der Waals surface area contributed by atoms with Gasteiger partial charge in [0.15, 0.2) is 0 Å². The van der Waals surface area contributed by atoms with Gasteiger partial charge >= 0.3 is 0 Å². The molecule has 0 radical (unpaired) electrons.